The van der Waals surface area contributed by atoms with Crippen molar-refractivity contribution < 1.29 is 30.0 Å². The predicted molar refractivity (Wildman–Crippen MR) is 135 cm³/mol. The molecule has 36 heavy (non-hydrogen) atoms. The molecule has 0 amide bonds. The number of hydrogen-bond acceptors (Lipinski definition) is 5. The van der Waals surface area contributed by atoms with Gasteiger partial charge in [0.25, 0.3) is 0 Å². The third-order valence-corrected chi connectivity index (χ3v) is 13.8. The zero-order chi connectivity index (χ0) is 26.1. The van der Waals surface area contributed by atoms with E-state index in [-0.39, 0.29) is 40.6 Å². The number of rotatable bonds is 3. The van der Waals surface area contributed by atoms with E-state index >= 15 is 0 Å². The molecule has 6 aliphatic rings. The smallest absolute Gasteiger partial charge is 0.312 e. The van der Waals surface area contributed by atoms with Gasteiger partial charge in [0.2, 0.25) is 0 Å². The molecule has 202 valence electrons. The van der Waals surface area contributed by atoms with Gasteiger partial charge in [0.05, 0.1) is 35.9 Å². The van der Waals surface area contributed by atoms with Crippen molar-refractivity contribution in [1.82, 2.24) is 0 Å². The lowest BCUT2D eigenvalue weighted by Crippen LogP contribution is -2.64. The summed E-state index contributed by atoms with van der Waals surface area (Å²) in [6.07, 6.45) is 6.68. The molecule has 1 aliphatic heterocycles. The van der Waals surface area contributed by atoms with E-state index in [2.05, 4.69) is 20.4 Å². The van der Waals surface area contributed by atoms with Crippen LogP contribution in [0.1, 0.15) is 91.9 Å². The Morgan fingerprint density at radius 3 is 2.17 bits per heavy atom. The molecule has 2 spiro atoms. The third kappa shape index (κ3) is 2.66. The number of carbonyl (C=O) groups is 1. The Morgan fingerprint density at radius 1 is 0.889 bits per heavy atom. The van der Waals surface area contributed by atoms with Crippen LogP contribution in [0.25, 0.3) is 0 Å². The van der Waals surface area contributed by atoms with Crippen molar-refractivity contribution in [3.63, 3.8) is 0 Å². The first-order chi connectivity index (χ1) is 16.7. The summed E-state index contributed by atoms with van der Waals surface area (Å²) in [6, 6.07) is 0. The molecule has 0 radical (unpaired) electrons. The van der Waals surface area contributed by atoms with Gasteiger partial charge in [-0.25, -0.2) is 0 Å². The quantitative estimate of drug-likeness (QED) is 0.429. The van der Waals surface area contributed by atoms with Gasteiger partial charge in [-0.2, -0.15) is 0 Å². The molecule has 1 saturated heterocycles. The Bertz CT molecular complexity index is 986. The first-order valence-corrected chi connectivity index (χ1v) is 14.3. The molecule has 1 heterocycles. The first kappa shape index (κ1) is 25.3. The van der Waals surface area contributed by atoms with Gasteiger partial charge in [0, 0.05) is 11.8 Å². The van der Waals surface area contributed by atoms with Crippen LogP contribution in [0.4, 0.5) is 0 Å². The molecule has 0 unspecified atom stereocenters. The predicted octanol–water partition coefficient (Wildman–Crippen LogP) is 4.31. The Morgan fingerprint density at radius 2 is 1.56 bits per heavy atom. The molecule has 5 saturated carbocycles. The summed E-state index contributed by atoms with van der Waals surface area (Å²) < 4.78 is 6.14. The number of aliphatic hydroxyl groups is 3. The van der Waals surface area contributed by atoms with Gasteiger partial charge in [-0.1, -0.05) is 26.0 Å². The van der Waals surface area contributed by atoms with Crippen LogP contribution in [-0.4, -0.2) is 56.9 Å². The zero-order valence-electron chi connectivity index (χ0n) is 22.6. The highest BCUT2D eigenvalue weighted by Gasteiger charge is 2.86. The van der Waals surface area contributed by atoms with Crippen molar-refractivity contribution in [1.29, 1.82) is 0 Å². The molecule has 6 heteroatoms. The minimum Gasteiger partial charge on any atom is -0.481 e. The van der Waals surface area contributed by atoms with Crippen molar-refractivity contribution >= 4 is 5.97 Å². The van der Waals surface area contributed by atoms with E-state index in [1.807, 2.05) is 6.92 Å². The number of hydrogen-bond donors (Lipinski definition) is 4. The molecule has 5 aliphatic carbocycles. The van der Waals surface area contributed by atoms with Crippen molar-refractivity contribution in [2.75, 3.05) is 6.61 Å². The molecule has 4 N–H and O–H groups in total. The molecule has 0 aromatic carbocycles. The van der Waals surface area contributed by atoms with Gasteiger partial charge < -0.3 is 25.2 Å². The minimum atomic E-state index is -1.21. The van der Waals surface area contributed by atoms with Gasteiger partial charge in [-0.3, -0.25) is 4.79 Å². The lowest BCUT2D eigenvalue weighted by atomic mass is 9.41. The molecule has 6 nitrogen and oxygen atoms in total. The van der Waals surface area contributed by atoms with E-state index in [0.29, 0.717) is 12.5 Å². The van der Waals surface area contributed by atoms with Gasteiger partial charge in [0.1, 0.15) is 0 Å². The van der Waals surface area contributed by atoms with Gasteiger partial charge in [0.15, 0.2) is 0 Å². The van der Waals surface area contributed by atoms with Crippen LogP contribution >= 0.6 is 0 Å². The van der Waals surface area contributed by atoms with Crippen LogP contribution in [0.3, 0.4) is 0 Å². The van der Waals surface area contributed by atoms with Gasteiger partial charge >= 0.3 is 5.97 Å². The van der Waals surface area contributed by atoms with E-state index in [9.17, 15) is 25.2 Å². The van der Waals surface area contributed by atoms with Crippen LogP contribution in [0, 0.1) is 44.8 Å². The second-order valence-corrected chi connectivity index (χ2v) is 14.6. The maximum Gasteiger partial charge on any atom is 0.312 e. The van der Waals surface area contributed by atoms with Crippen molar-refractivity contribution in [2.24, 2.45) is 44.8 Å². The maximum atomic E-state index is 12.5. The summed E-state index contributed by atoms with van der Waals surface area (Å²) in [6.45, 7) is 13.0. The van der Waals surface area contributed by atoms with Gasteiger partial charge in [-0.05, 0) is 106 Å². The maximum absolute atomic E-state index is 12.5. The SMILES string of the molecule is C=C(C)[C@@H]1CC[C@](O)([C@H]2CC[C@@]3(C)[C@@H]4CC[C@H]5[C@](C)(C(=O)O)[C@@H](O)C[C@H](O)[C@@]56C[C@@]46CC[C@]23C)CO1. The number of aliphatic carboxylic acids is 1. The zero-order valence-corrected chi connectivity index (χ0v) is 22.6. The van der Waals surface area contributed by atoms with Crippen molar-refractivity contribution in [3.8, 4) is 0 Å². The highest BCUT2D eigenvalue weighted by Crippen LogP contribution is 2.89. The number of carboxylic acids is 1. The van der Waals surface area contributed by atoms with Crippen LogP contribution in [0.15, 0.2) is 12.2 Å². The average Bonchev–Trinajstić information content (AvgIpc) is 3.42. The fourth-order valence-corrected chi connectivity index (χ4v) is 11.7. The average molecular weight is 503 g/mol. The van der Waals surface area contributed by atoms with Crippen LogP contribution < -0.4 is 0 Å². The summed E-state index contributed by atoms with van der Waals surface area (Å²) in [5.41, 5.74) is -1.45. The molecule has 0 bridgehead atoms. The molecule has 0 aromatic heterocycles. The van der Waals surface area contributed by atoms with Crippen molar-refractivity contribution in [2.45, 2.75) is 116 Å². The second kappa shape index (κ2) is 7.37. The molecule has 6 fully saturated rings. The standard InChI is InChI=1S/C30H46O6/c1-17(2)18-8-11-29(35,16-36-18)20-9-10-25(3)19-6-7-21-27(5,24(33)34)22(31)14-23(32)30(21)15-28(19,30)13-12-26(20,25)4/h18-23,31-32,35H,1,6-16H2,2-5H3,(H,33,34)/t18-,19-,20-,21-,22-,23-,25-,26+,27-,28-,29+,30+/m0/s1. The summed E-state index contributed by atoms with van der Waals surface area (Å²) in [5.74, 6) is -0.540. The number of ether oxygens (including phenoxy) is 1. The lowest BCUT2D eigenvalue weighted by Gasteiger charge is -2.64. The van der Waals surface area contributed by atoms with E-state index in [1.165, 1.54) is 0 Å². The summed E-state index contributed by atoms with van der Waals surface area (Å²) in [7, 11) is 0. The highest BCUT2D eigenvalue weighted by molar-refractivity contribution is 5.76. The molecule has 12 atom stereocenters. The first-order valence-electron chi connectivity index (χ1n) is 14.3. The number of aliphatic hydroxyl groups excluding tert-OH is 2. The molecular formula is C30H46O6. The fraction of sp³-hybridized carbons (Fsp3) is 0.900. The minimum absolute atomic E-state index is 0.0249. The van der Waals surface area contributed by atoms with E-state index in [1.54, 1.807) is 6.92 Å². The van der Waals surface area contributed by atoms with E-state index in [4.69, 9.17) is 4.74 Å². The van der Waals surface area contributed by atoms with E-state index < -0.39 is 34.6 Å². The largest absolute Gasteiger partial charge is 0.481 e. The number of carboxylic acid groups (broad SMARTS) is 1. The summed E-state index contributed by atoms with van der Waals surface area (Å²) >= 11 is 0. The Hall–Kier alpha value is -0.950. The molecule has 6 rings (SSSR count). The monoisotopic (exact) mass is 502 g/mol. The Kier molecular flexibility index (Phi) is 5.18. The Balaban J connectivity index is 1.33. The topological polar surface area (TPSA) is 107 Å². The highest BCUT2D eigenvalue weighted by atomic mass is 16.5. The summed E-state index contributed by atoms with van der Waals surface area (Å²) in [4.78, 5) is 12.5. The fourth-order valence-electron chi connectivity index (χ4n) is 11.7. The van der Waals surface area contributed by atoms with Gasteiger partial charge in [-0.15, -0.1) is 0 Å². The van der Waals surface area contributed by atoms with E-state index in [0.717, 1.165) is 63.4 Å². The Labute approximate surface area is 215 Å². The number of fused-ring (bicyclic) bond motifs is 2. The third-order valence-electron chi connectivity index (χ3n) is 13.8. The molecule has 0 aromatic rings. The van der Waals surface area contributed by atoms with Crippen LogP contribution in [0.2, 0.25) is 0 Å². The van der Waals surface area contributed by atoms with Crippen LogP contribution in [0.5, 0.6) is 0 Å². The second-order valence-electron chi connectivity index (χ2n) is 14.6. The lowest BCUT2D eigenvalue weighted by molar-refractivity contribution is -0.220. The van der Waals surface area contributed by atoms with Crippen LogP contribution in [-0.2, 0) is 9.53 Å². The normalized spacial score (nSPS) is 59.8. The van der Waals surface area contributed by atoms with Crippen molar-refractivity contribution in [3.05, 3.63) is 12.2 Å². The molecular weight excluding hydrogens is 456 g/mol. The summed E-state index contributed by atoms with van der Waals surface area (Å²) in [5, 5.41) is 44.5.